The number of hydrogen-bond acceptors (Lipinski definition) is 6. The molecule has 0 unspecified atom stereocenters. The van der Waals surface area contributed by atoms with Crippen molar-refractivity contribution in [3.05, 3.63) is 70.4 Å². The summed E-state index contributed by atoms with van der Waals surface area (Å²) in [6, 6.07) is 11.5. The van der Waals surface area contributed by atoms with Crippen molar-refractivity contribution < 1.29 is 17.6 Å². The molecule has 5 rings (SSSR count). The second-order valence-electron chi connectivity index (χ2n) is 8.02. The second-order valence-corrected chi connectivity index (χ2v) is 11.0. The molecule has 0 saturated carbocycles. The minimum Gasteiger partial charge on any atom is -0.359 e. The van der Waals surface area contributed by atoms with E-state index in [-0.39, 0.29) is 28.3 Å². The van der Waals surface area contributed by atoms with Crippen molar-refractivity contribution in [3.63, 3.8) is 0 Å². The van der Waals surface area contributed by atoms with Gasteiger partial charge in [-0.1, -0.05) is 18.2 Å². The first-order valence-corrected chi connectivity index (χ1v) is 13.0. The van der Waals surface area contributed by atoms with Gasteiger partial charge >= 0.3 is 0 Å². The van der Waals surface area contributed by atoms with Crippen LogP contribution in [-0.4, -0.2) is 38.4 Å². The first kappa shape index (κ1) is 21.1. The fraction of sp³-hybridized carbons (Fsp3) is 0.304. The average Bonchev–Trinajstić information content (AvgIpc) is 3.42. The molecule has 2 aliphatic rings. The highest BCUT2D eigenvalue weighted by molar-refractivity contribution is 7.90. The highest BCUT2D eigenvalue weighted by Gasteiger charge is 2.39. The van der Waals surface area contributed by atoms with Gasteiger partial charge in [0.15, 0.2) is 9.84 Å². The van der Waals surface area contributed by atoms with E-state index in [1.807, 2.05) is 18.2 Å². The van der Waals surface area contributed by atoms with Gasteiger partial charge in [-0.2, -0.15) is 0 Å². The first-order chi connectivity index (χ1) is 15.4. The molecular formula is C23H22FN3O3S2. The van der Waals surface area contributed by atoms with E-state index in [0.29, 0.717) is 18.0 Å². The van der Waals surface area contributed by atoms with Crippen LogP contribution >= 0.6 is 11.3 Å². The van der Waals surface area contributed by atoms with Gasteiger partial charge in [0.2, 0.25) is 5.91 Å². The maximum absolute atomic E-state index is 15.0. The SMILES string of the molecule is O=C1[C@@H](N2CCCc3ccccc32)CCN1c1ccc(S(=O)(=O)Cc2nccs2)cc1F. The Morgan fingerprint density at radius 1 is 1.12 bits per heavy atom. The quantitative estimate of drug-likeness (QED) is 0.566. The van der Waals surface area contributed by atoms with Crippen LogP contribution in [-0.2, 0) is 26.8 Å². The van der Waals surface area contributed by atoms with Crippen LogP contribution in [0.15, 0.2) is 58.9 Å². The number of carbonyl (C=O) groups is 1. The zero-order valence-electron chi connectivity index (χ0n) is 17.3. The van der Waals surface area contributed by atoms with E-state index in [1.54, 1.807) is 5.38 Å². The number of rotatable bonds is 5. The number of halogens is 1. The van der Waals surface area contributed by atoms with Gasteiger partial charge in [-0.25, -0.2) is 17.8 Å². The van der Waals surface area contributed by atoms with Gasteiger partial charge in [0.1, 0.15) is 22.6 Å². The summed E-state index contributed by atoms with van der Waals surface area (Å²) in [5.74, 6) is -1.14. The lowest BCUT2D eigenvalue weighted by Gasteiger charge is -2.35. The van der Waals surface area contributed by atoms with Crippen LogP contribution in [0, 0.1) is 5.82 Å². The summed E-state index contributed by atoms with van der Waals surface area (Å²) in [5.41, 5.74) is 2.42. The van der Waals surface area contributed by atoms with Gasteiger partial charge in [0, 0.05) is 30.4 Å². The van der Waals surface area contributed by atoms with Gasteiger partial charge in [0.05, 0.1) is 10.6 Å². The Kier molecular flexibility index (Phi) is 5.46. The van der Waals surface area contributed by atoms with Crippen LogP contribution in [0.4, 0.5) is 15.8 Å². The lowest BCUT2D eigenvalue weighted by molar-refractivity contribution is -0.118. The minimum atomic E-state index is -3.72. The molecule has 0 aliphatic carbocycles. The molecule has 32 heavy (non-hydrogen) atoms. The molecule has 1 saturated heterocycles. The summed E-state index contributed by atoms with van der Waals surface area (Å²) in [6.45, 7) is 1.18. The Morgan fingerprint density at radius 2 is 1.97 bits per heavy atom. The average molecular weight is 472 g/mol. The summed E-state index contributed by atoms with van der Waals surface area (Å²) in [6.07, 6.45) is 4.09. The number of nitrogens with zero attached hydrogens (tertiary/aromatic N) is 3. The number of benzene rings is 2. The number of aryl methyl sites for hydroxylation is 1. The van der Waals surface area contributed by atoms with Crippen LogP contribution in [0.25, 0.3) is 0 Å². The molecule has 9 heteroatoms. The van der Waals surface area contributed by atoms with Crippen molar-refractivity contribution in [2.45, 2.75) is 36.0 Å². The molecule has 166 valence electrons. The Labute approximate surface area is 190 Å². The Hall–Kier alpha value is -2.78. The summed E-state index contributed by atoms with van der Waals surface area (Å²) >= 11 is 1.24. The maximum Gasteiger partial charge on any atom is 0.249 e. The molecule has 1 fully saturated rings. The smallest absolute Gasteiger partial charge is 0.249 e. The van der Waals surface area contributed by atoms with Crippen molar-refractivity contribution in [2.75, 3.05) is 22.9 Å². The third-order valence-corrected chi connectivity index (χ3v) is 8.65. The molecule has 0 radical (unpaired) electrons. The zero-order chi connectivity index (χ0) is 22.3. The molecule has 0 N–H and O–H groups in total. The summed E-state index contributed by atoms with van der Waals surface area (Å²) in [4.78, 5) is 20.7. The van der Waals surface area contributed by atoms with Gasteiger partial charge in [0.25, 0.3) is 0 Å². The highest BCUT2D eigenvalue weighted by atomic mass is 32.2. The van der Waals surface area contributed by atoms with Crippen molar-refractivity contribution in [1.82, 2.24) is 4.98 Å². The fourth-order valence-corrected chi connectivity index (χ4v) is 6.81. The third-order valence-electron chi connectivity index (χ3n) is 6.07. The Bertz CT molecular complexity index is 1260. The second kappa shape index (κ2) is 8.29. The number of sulfone groups is 1. The number of anilines is 2. The van der Waals surface area contributed by atoms with Crippen LogP contribution in [0.2, 0.25) is 0 Å². The topological polar surface area (TPSA) is 70.6 Å². The van der Waals surface area contributed by atoms with Gasteiger partial charge < -0.3 is 9.80 Å². The Morgan fingerprint density at radius 3 is 2.75 bits per heavy atom. The number of amides is 1. The monoisotopic (exact) mass is 471 g/mol. The van der Waals surface area contributed by atoms with Crippen LogP contribution in [0.3, 0.4) is 0 Å². The Balaban J connectivity index is 1.38. The van der Waals surface area contributed by atoms with Crippen molar-refractivity contribution >= 4 is 38.5 Å². The first-order valence-electron chi connectivity index (χ1n) is 10.5. The fourth-order valence-electron chi connectivity index (χ4n) is 4.55. The molecule has 1 aromatic heterocycles. The largest absolute Gasteiger partial charge is 0.359 e. The van der Waals surface area contributed by atoms with Crippen LogP contribution in [0.5, 0.6) is 0 Å². The molecule has 2 aliphatic heterocycles. The predicted octanol–water partition coefficient (Wildman–Crippen LogP) is 3.81. The number of thiazole rings is 1. The van der Waals surface area contributed by atoms with E-state index in [0.717, 1.165) is 31.1 Å². The zero-order valence-corrected chi connectivity index (χ0v) is 18.9. The van der Waals surface area contributed by atoms with E-state index in [4.69, 9.17) is 0 Å². The normalized spacial score (nSPS) is 18.8. The number of para-hydroxylation sites is 1. The van der Waals surface area contributed by atoms with Gasteiger partial charge in [-0.15, -0.1) is 11.3 Å². The lowest BCUT2D eigenvalue weighted by Crippen LogP contribution is -2.44. The maximum atomic E-state index is 15.0. The van der Waals surface area contributed by atoms with E-state index in [2.05, 4.69) is 16.0 Å². The van der Waals surface area contributed by atoms with E-state index >= 15 is 4.39 Å². The molecular weight excluding hydrogens is 449 g/mol. The van der Waals surface area contributed by atoms with E-state index in [1.165, 1.54) is 40.1 Å². The number of aromatic nitrogens is 1. The van der Waals surface area contributed by atoms with E-state index in [9.17, 15) is 13.2 Å². The van der Waals surface area contributed by atoms with Crippen LogP contribution < -0.4 is 9.80 Å². The van der Waals surface area contributed by atoms with Gasteiger partial charge in [-0.3, -0.25) is 4.79 Å². The van der Waals surface area contributed by atoms with Crippen molar-refractivity contribution in [1.29, 1.82) is 0 Å². The van der Waals surface area contributed by atoms with Crippen LogP contribution in [0.1, 0.15) is 23.4 Å². The number of carbonyl (C=O) groups excluding carboxylic acids is 1. The van der Waals surface area contributed by atoms with Gasteiger partial charge in [-0.05, 0) is 49.1 Å². The molecule has 2 aromatic carbocycles. The highest BCUT2D eigenvalue weighted by Crippen LogP contribution is 2.34. The standard InChI is InChI=1S/C23H22FN3O3S2/c24-18-14-17(32(29,30)15-22-25-10-13-31-22)7-8-20(18)27-12-9-21(23(27)28)26-11-3-5-16-4-1-2-6-19(16)26/h1-2,4,6-8,10,13-14,21H,3,5,9,11-12,15H2/t21-/m0/s1. The summed E-state index contributed by atoms with van der Waals surface area (Å²) in [7, 11) is -3.72. The lowest BCUT2D eigenvalue weighted by atomic mass is 9.99. The van der Waals surface area contributed by atoms with Crippen molar-refractivity contribution in [2.24, 2.45) is 0 Å². The molecule has 1 atom stereocenters. The summed E-state index contributed by atoms with van der Waals surface area (Å²) < 4.78 is 40.3. The molecule has 0 spiro atoms. The molecule has 0 bridgehead atoms. The molecule has 3 heterocycles. The van der Waals surface area contributed by atoms with Crippen molar-refractivity contribution in [3.8, 4) is 0 Å². The summed E-state index contributed by atoms with van der Waals surface area (Å²) in [5, 5.41) is 2.15. The number of fused-ring (bicyclic) bond motifs is 1. The molecule has 1 amide bonds. The minimum absolute atomic E-state index is 0.109. The van der Waals surface area contributed by atoms with E-state index < -0.39 is 15.7 Å². The molecule has 3 aromatic rings. The molecule has 6 nitrogen and oxygen atoms in total. The third kappa shape index (κ3) is 3.80. The predicted molar refractivity (Wildman–Crippen MR) is 122 cm³/mol. The number of hydrogen-bond donors (Lipinski definition) is 0.